The van der Waals surface area contributed by atoms with Crippen LogP contribution in [0.1, 0.15) is 65.0 Å². The SMILES string of the molecule is O=C(O)c1cn(CC2CC(O)CC(n3cc(Cc4ccc(C5CC5)cc4)c4c(Cl)cccc43)O2)nn1. The van der Waals surface area contributed by atoms with E-state index in [9.17, 15) is 9.90 Å². The van der Waals surface area contributed by atoms with Gasteiger partial charge in [-0.15, -0.1) is 5.10 Å². The number of benzene rings is 2. The molecule has 1 aliphatic carbocycles. The second-order valence-electron chi connectivity index (χ2n) is 9.86. The number of carbonyl (C=O) groups is 1. The Balaban J connectivity index is 1.27. The molecular weight excluding hydrogens is 480 g/mol. The van der Waals surface area contributed by atoms with Gasteiger partial charge < -0.3 is 19.5 Å². The summed E-state index contributed by atoms with van der Waals surface area (Å²) in [6.07, 6.45) is 6.34. The number of aliphatic hydroxyl groups excluding tert-OH is 1. The summed E-state index contributed by atoms with van der Waals surface area (Å²) in [6, 6.07) is 14.7. The van der Waals surface area contributed by atoms with Crippen molar-refractivity contribution in [1.29, 1.82) is 0 Å². The number of nitrogens with zero attached hydrogens (tertiary/aromatic N) is 4. The van der Waals surface area contributed by atoms with E-state index in [1.807, 2.05) is 18.2 Å². The summed E-state index contributed by atoms with van der Waals surface area (Å²) >= 11 is 6.68. The van der Waals surface area contributed by atoms with E-state index in [0.717, 1.165) is 28.8 Å². The van der Waals surface area contributed by atoms with Crippen LogP contribution in [0.4, 0.5) is 0 Å². The summed E-state index contributed by atoms with van der Waals surface area (Å²) < 4.78 is 9.91. The lowest BCUT2D eigenvalue weighted by atomic mass is 10.0. The highest BCUT2D eigenvalue weighted by molar-refractivity contribution is 6.35. The first-order valence-electron chi connectivity index (χ1n) is 12.3. The lowest BCUT2D eigenvalue weighted by Crippen LogP contribution is -2.36. The van der Waals surface area contributed by atoms with Crippen LogP contribution in [0.2, 0.25) is 5.02 Å². The van der Waals surface area contributed by atoms with Crippen molar-refractivity contribution < 1.29 is 19.7 Å². The first-order chi connectivity index (χ1) is 17.4. The standard InChI is InChI=1S/C27H27ClN4O4/c28-22-2-1-3-24-26(22)19(10-16-4-6-17(7-5-16)18-8-9-18)13-32(24)25-12-20(33)11-21(36-25)14-31-15-23(27(34)35)29-30-31/h1-7,13,15,18,20-21,25,33H,8-12,14H2,(H,34,35). The number of carboxylic acid groups (broad SMARTS) is 1. The molecule has 6 rings (SSSR count). The van der Waals surface area contributed by atoms with Crippen molar-refractivity contribution in [2.75, 3.05) is 0 Å². The summed E-state index contributed by atoms with van der Waals surface area (Å²) in [4.78, 5) is 11.1. The average Bonchev–Trinajstić information content (AvgIpc) is 3.48. The predicted molar refractivity (Wildman–Crippen MR) is 134 cm³/mol. The third-order valence-corrected chi connectivity index (χ3v) is 7.44. The van der Waals surface area contributed by atoms with Gasteiger partial charge in [0.15, 0.2) is 5.69 Å². The number of rotatable bonds is 7. The lowest BCUT2D eigenvalue weighted by Gasteiger charge is -2.34. The minimum absolute atomic E-state index is 0.122. The van der Waals surface area contributed by atoms with Gasteiger partial charge in [0.1, 0.15) is 6.23 Å². The molecule has 1 saturated carbocycles. The summed E-state index contributed by atoms with van der Waals surface area (Å²) in [5, 5.41) is 29.0. The largest absolute Gasteiger partial charge is 0.476 e. The number of fused-ring (bicyclic) bond motifs is 1. The zero-order valence-electron chi connectivity index (χ0n) is 19.6. The molecule has 2 aromatic heterocycles. The van der Waals surface area contributed by atoms with Gasteiger partial charge in [-0.3, -0.25) is 0 Å². The third-order valence-electron chi connectivity index (χ3n) is 7.13. The molecule has 0 spiro atoms. The van der Waals surface area contributed by atoms with Crippen LogP contribution in [0.5, 0.6) is 0 Å². The van der Waals surface area contributed by atoms with Crippen molar-refractivity contribution >= 4 is 28.5 Å². The molecule has 1 saturated heterocycles. The highest BCUT2D eigenvalue weighted by Gasteiger charge is 2.31. The van der Waals surface area contributed by atoms with Crippen molar-refractivity contribution in [2.24, 2.45) is 0 Å². The molecule has 9 heteroatoms. The van der Waals surface area contributed by atoms with Gasteiger partial charge in [-0.1, -0.05) is 47.1 Å². The van der Waals surface area contributed by atoms with Crippen molar-refractivity contribution in [2.45, 2.75) is 63.0 Å². The predicted octanol–water partition coefficient (Wildman–Crippen LogP) is 4.79. The van der Waals surface area contributed by atoms with E-state index in [-0.39, 0.29) is 11.8 Å². The van der Waals surface area contributed by atoms with E-state index >= 15 is 0 Å². The van der Waals surface area contributed by atoms with Gasteiger partial charge in [-0.2, -0.15) is 0 Å². The Kier molecular flexibility index (Phi) is 6.03. The number of hydrogen-bond donors (Lipinski definition) is 2. The molecule has 2 fully saturated rings. The number of aromatic carboxylic acids is 1. The molecule has 2 N–H and O–H groups in total. The summed E-state index contributed by atoms with van der Waals surface area (Å²) in [5.74, 6) is -0.402. The van der Waals surface area contributed by atoms with Crippen LogP contribution < -0.4 is 0 Å². The molecule has 4 aromatic rings. The fraction of sp³-hybridized carbons (Fsp3) is 0.370. The van der Waals surface area contributed by atoms with E-state index in [1.165, 1.54) is 34.8 Å². The number of carboxylic acids is 1. The number of halogens is 1. The highest BCUT2D eigenvalue weighted by atomic mass is 35.5. The van der Waals surface area contributed by atoms with Gasteiger partial charge in [0.2, 0.25) is 0 Å². The zero-order valence-corrected chi connectivity index (χ0v) is 20.4. The van der Waals surface area contributed by atoms with Crippen LogP contribution in [0.15, 0.2) is 54.9 Å². The Hall–Kier alpha value is -3.20. The molecule has 0 bridgehead atoms. The van der Waals surface area contributed by atoms with Gasteiger partial charge in [0.05, 0.1) is 35.5 Å². The van der Waals surface area contributed by atoms with E-state index < -0.39 is 18.3 Å². The van der Waals surface area contributed by atoms with Crippen LogP contribution in [0.25, 0.3) is 10.9 Å². The monoisotopic (exact) mass is 506 g/mol. The Bertz CT molecular complexity index is 1410. The molecule has 2 aromatic carbocycles. The zero-order chi connectivity index (χ0) is 24.8. The maximum atomic E-state index is 11.1. The second kappa shape index (κ2) is 9.35. The van der Waals surface area contributed by atoms with E-state index in [2.05, 4.69) is 45.3 Å². The molecule has 0 amide bonds. The molecule has 1 aliphatic heterocycles. The lowest BCUT2D eigenvalue weighted by molar-refractivity contribution is -0.132. The minimum Gasteiger partial charge on any atom is -0.476 e. The smallest absolute Gasteiger partial charge is 0.358 e. The number of ether oxygens (including phenoxy) is 1. The molecule has 36 heavy (non-hydrogen) atoms. The molecular formula is C27H27ClN4O4. The number of hydrogen-bond acceptors (Lipinski definition) is 5. The van der Waals surface area contributed by atoms with Crippen molar-refractivity contribution in [3.63, 3.8) is 0 Å². The van der Waals surface area contributed by atoms with Crippen molar-refractivity contribution in [3.05, 3.63) is 82.3 Å². The van der Waals surface area contributed by atoms with Gasteiger partial charge in [0.25, 0.3) is 0 Å². The summed E-state index contributed by atoms with van der Waals surface area (Å²) in [6.45, 7) is 0.300. The summed E-state index contributed by atoms with van der Waals surface area (Å²) in [7, 11) is 0. The van der Waals surface area contributed by atoms with Crippen LogP contribution in [0.3, 0.4) is 0 Å². The molecule has 186 valence electrons. The normalized spacial score (nSPS) is 22.2. The average molecular weight is 507 g/mol. The third kappa shape index (κ3) is 4.64. The molecule has 2 aliphatic rings. The van der Waals surface area contributed by atoms with Crippen LogP contribution in [-0.4, -0.2) is 48.0 Å². The van der Waals surface area contributed by atoms with Gasteiger partial charge >= 0.3 is 5.97 Å². The van der Waals surface area contributed by atoms with Gasteiger partial charge in [0, 0.05) is 24.4 Å². The Morgan fingerprint density at radius 3 is 2.64 bits per heavy atom. The molecule has 3 unspecified atom stereocenters. The minimum atomic E-state index is -1.13. The maximum Gasteiger partial charge on any atom is 0.358 e. The second-order valence-corrected chi connectivity index (χ2v) is 10.3. The van der Waals surface area contributed by atoms with Crippen molar-refractivity contribution in [3.8, 4) is 0 Å². The van der Waals surface area contributed by atoms with E-state index in [1.54, 1.807) is 0 Å². The Morgan fingerprint density at radius 2 is 1.92 bits per heavy atom. The fourth-order valence-electron chi connectivity index (χ4n) is 5.22. The first kappa shape index (κ1) is 23.2. The summed E-state index contributed by atoms with van der Waals surface area (Å²) in [5.41, 5.74) is 4.58. The number of aliphatic hydroxyl groups is 1. The van der Waals surface area contributed by atoms with Crippen LogP contribution in [-0.2, 0) is 17.7 Å². The topological polar surface area (TPSA) is 102 Å². The quantitative estimate of drug-likeness (QED) is 0.373. The van der Waals surface area contributed by atoms with E-state index in [0.29, 0.717) is 24.4 Å². The Labute approximate surface area is 213 Å². The Morgan fingerprint density at radius 1 is 1.11 bits per heavy atom. The van der Waals surface area contributed by atoms with Gasteiger partial charge in [-0.25, -0.2) is 9.48 Å². The molecule has 3 atom stereocenters. The fourth-order valence-corrected chi connectivity index (χ4v) is 5.51. The van der Waals surface area contributed by atoms with Gasteiger partial charge in [-0.05, 0) is 54.0 Å². The van der Waals surface area contributed by atoms with Crippen molar-refractivity contribution in [1.82, 2.24) is 19.6 Å². The van der Waals surface area contributed by atoms with Crippen LogP contribution >= 0.6 is 11.6 Å². The van der Waals surface area contributed by atoms with Crippen LogP contribution in [0, 0.1) is 0 Å². The molecule has 0 radical (unpaired) electrons. The maximum absolute atomic E-state index is 11.1. The molecule has 3 heterocycles. The van der Waals surface area contributed by atoms with E-state index in [4.69, 9.17) is 21.4 Å². The number of aromatic nitrogens is 4. The highest BCUT2D eigenvalue weighted by Crippen LogP contribution is 2.40. The molecule has 8 nitrogen and oxygen atoms in total. The first-order valence-corrected chi connectivity index (χ1v) is 12.7.